The smallest absolute Gasteiger partial charge is 0.224 e. The fraction of sp³-hybridized carbons (Fsp3) is 0.571. The Hall–Kier alpha value is -2.57. The van der Waals surface area contributed by atoms with E-state index in [1.54, 1.807) is 11.9 Å². The van der Waals surface area contributed by atoms with Gasteiger partial charge in [0.25, 0.3) is 0 Å². The van der Waals surface area contributed by atoms with Crippen molar-refractivity contribution in [1.82, 2.24) is 20.4 Å². The fourth-order valence-electron chi connectivity index (χ4n) is 2.76. The molecule has 0 fully saturated rings. The summed E-state index contributed by atoms with van der Waals surface area (Å²) >= 11 is 0. The summed E-state index contributed by atoms with van der Waals surface area (Å²) in [5, 5.41) is 6.31. The zero-order valence-electron chi connectivity index (χ0n) is 17.7. The molecule has 0 bridgehead atoms. The van der Waals surface area contributed by atoms with Crippen molar-refractivity contribution in [1.29, 1.82) is 0 Å². The normalized spacial score (nSPS) is 11.1. The van der Waals surface area contributed by atoms with E-state index >= 15 is 0 Å². The van der Waals surface area contributed by atoms with Crippen molar-refractivity contribution in [2.75, 3.05) is 39.8 Å². The molecule has 0 unspecified atom stereocenters. The Morgan fingerprint density at radius 2 is 1.64 bits per heavy atom. The molecule has 28 heavy (non-hydrogen) atoms. The predicted molar refractivity (Wildman–Crippen MR) is 114 cm³/mol. The highest BCUT2D eigenvalue weighted by molar-refractivity contribution is 5.82. The van der Waals surface area contributed by atoms with Gasteiger partial charge in [0, 0.05) is 52.6 Å². The molecular weight excluding hydrogens is 354 g/mol. The summed E-state index contributed by atoms with van der Waals surface area (Å²) in [5.41, 5.74) is 1.11. The van der Waals surface area contributed by atoms with Gasteiger partial charge >= 0.3 is 0 Å². The molecule has 7 nitrogen and oxygen atoms in total. The summed E-state index contributed by atoms with van der Waals surface area (Å²) in [6, 6.07) is 9.92. The van der Waals surface area contributed by atoms with Crippen LogP contribution in [0.2, 0.25) is 0 Å². The number of amides is 2. The van der Waals surface area contributed by atoms with E-state index in [2.05, 4.69) is 15.6 Å². The molecule has 0 atom stereocenters. The van der Waals surface area contributed by atoms with Crippen LogP contribution in [-0.2, 0) is 16.1 Å². The molecule has 0 aliphatic rings. The lowest BCUT2D eigenvalue weighted by atomic mass is 10.2. The molecule has 0 radical (unpaired) electrons. The van der Waals surface area contributed by atoms with Crippen molar-refractivity contribution < 1.29 is 9.59 Å². The van der Waals surface area contributed by atoms with Gasteiger partial charge in [-0.05, 0) is 26.3 Å². The molecular formula is C21H35N5O2. The summed E-state index contributed by atoms with van der Waals surface area (Å²) in [5.74, 6) is 0.819. The molecule has 0 aliphatic heterocycles. The molecule has 1 aromatic carbocycles. The second kappa shape index (κ2) is 13.6. The largest absolute Gasteiger partial charge is 0.357 e. The minimum Gasteiger partial charge on any atom is -0.357 e. The minimum absolute atomic E-state index is 0.0557. The van der Waals surface area contributed by atoms with Crippen molar-refractivity contribution in [2.24, 2.45) is 4.99 Å². The van der Waals surface area contributed by atoms with Gasteiger partial charge in [-0.15, -0.1) is 0 Å². The van der Waals surface area contributed by atoms with Crippen LogP contribution in [0.3, 0.4) is 0 Å². The van der Waals surface area contributed by atoms with Crippen molar-refractivity contribution in [3.63, 3.8) is 0 Å². The van der Waals surface area contributed by atoms with Crippen LogP contribution in [0, 0.1) is 0 Å². The van der Waals surface area contributed by atoms with E-state index in [0.717, 1.165) is 25.2 Å². The summed E-state index contributed by atoms with van der Waals surface area (Å²) in [7, 11) is 1.81. The molecule has 1 aromatic rings. The number of benzene rings is 1. The monoisotopic (exact) mass is 389 g/mol. The molecule has 7 heteroatoms. The maximum absolute atomic E-state index is 12.3. The third kappa shape index (κ3) is 8.88. The Morgan fingerprint density at radius 1 is 0.964 bits per heavy atom. The van der Waals surface area contributed by atoms with Gasteiger partial charge in [-0.3, -0.25) is 14.6 Å². The number of aliphatic imine (C=N–C) groups is 1. The fourth-order valence-corrected chi connectivity index (χ4v) is 2.76. The highest BCUT2D eigenvalue weighted by Crippen LogP contribution is 2.04. The Kier molecular flexibility index (Phi) is 11.4. The summed E-state index contributed by atoms with van der Waals surface area (Å²) in [6.07, 6.45) is 0.767. The average Bonchev–Trinajstić information content (AvgIpc) is 2.69. The van der Waals surface area contributed by atoms with Gasteiger partial charge in [0.15, 0.2) is 5.96 Å². The lowest BCUT2D eigenvalue weighted by molar-refractivity contribution is -0.131. The van der Waals surface area contributed by atoms with Crippen LogP contribution in [0.15, 0.2) is 35.3 Å². The summed E-state index contributed by atoms with van der Waals surface area (Å²) in [6.45, 7) is 9.62. The van der Waals surface area contributed by atoms with Crippen molar-refractivity contribution >= 4 is 17.8 Å². The summed E-state index contributed by atoms with van der Waals surface area (Å²) in [4.78, 5) is 32.3. The van der Waals surface area contributed by atoms with E-state index in [9.17, 15) is 9.59 Å². The first kappa shape index (κ1) is 23.5. The second-order valence-electron chi connectivity index (χ2n) is 6.49. The van der Waals surface area contributed by atoms with Crippen LogP contribution in [0.4, 0.5) is 0 Å². The Balaban J connectivity index is 2.42. The number of hydrogen-bond donors (Lipinski definition) is 2. The topological polar surface area (TPSA) is 77.0 Å². The number of carbonyl (C=O) groups excluding carboxylic acids is 2. The molecule has 0 aromatic heterocycles. The maximum Gasteiger partial charge on any atom is 0.224 e. The standard InChI is InChI=1S/C21H35N5O2/c1-5-22-21(24-16-14-20(28)26(6-2)7-3)23-15-13-19(27)25(4)17-18-11-9-8-10-12-18/h8-12H,5-7,13-17H2,1-4H3,(H2,22,23,24). The molecule has 0 heterocycles. The van der Waals surface area contributed by atoms with Gasteiger partial charge in [0.2, 0.25) is 11.8 Å². The zero-order valence-corrected chi connectivity index (χ0v) is 17.7. The molecule has 2 N–H and O–H groups in total. The Morgan fingerprint density at radius 3 is 2.25 bits per heavy atom. The third-order valence-corrected chi connectivity index (χ3v) is 4.38. The lowest BCUT2D eigenvalue weighted by Crippen LogP contribution is -2.40. The van der Waals surface area contributed by atoms with Crippen LogP contribution in [0.25, 0.3) is 0 Å². The Labute approximate surface area is 169 Å². The number of carbonyl (C=O) groups is 2. The Bertz CT molecular complexity index is 614. The minimum atomic E-state index is 0.0557. The van der Waals surface area contributed by atoms with Crippen molar-refractivity contribution in [3.05, 3.63) is 35.9 Å². The van der Waals surface area contributed by atoms with Gasteiger partial charge in [-0.2, -0.15) is 0 Å². The molecule has 1 rings (SSSR count). The first-order valence-corrected chi connectivity index (χ1v) is 10.1. The third-order valence-electron chi connectivity index (χ3n) is 4.38. The zero-order chi connectivity index (χ0) is 20.8. The van der Waals surface area contributed by atoms with Gasteiger partial charge < -0.3 is 20.4 Å². The quantitative estimate of drug-likeness (QED) is 0.447. The molecule has 0 aliphatic carbocycles. The first-order valence-electron chi connectivity index (χ1n) is 10.1. The van der Waals surface area contributed by atoms with Crippen LogP contribution < -0.4 is 10.6 Å². The highest BCUT2D eigenvalue weighted by atomic mass is 16.2. The van der Waals surface area contributed by atoms with E-state index in [1.165, 1.54) is 0 Å². The van der Waals surface area contributed by atoms with Crippen LogP contribution in [-0.4, -0.2) is 67.3 Å². The van der Waals surface area contributed by atoms with Crippen LogP contribution in [0.5, 0.6) is 0 Å². The van der Waals surface area contributed by atoms with Crippen LogP contribution >= 0.6 is 0 Å². The number of nitrogens with zero attached hydrogens (tertiary/aromatic N) is 3. The van der Waals surface area contributed by atoms with Crippen molar-refractivity contribution in [2.45, 2.75) is 40.2 Å². The van der Waals surface area contributed by atoms with Gasteiger partial charge in [0.05, 0.1) is 6.54 Å². The van der Waals surface area contributed by atoms with Crippen molar-refractivity contribution in [3.8, 4) is 0 Å². The predicted octanol–water partition coefficient (Wildman–Crippen LogP) is 1.85. The van der Waals surface area contributed by atoms with E-state index in [4.69, 9.17) is 0 Å². The van der Waals surface area contributed by atoms with Gasteiger partial charge in [-0.25, -0.2) is 0 Å². The van der Waals surface area contributed by atoms with E-state index in [0.29, 0.717) is 38.4 Å². The second-order valence-corrected chi connectivity index (χ2v) is 6.49. The van der Waals surface area contributed by atoms with E-state index < -0.39 is 0 Å². The summed E-state index contributed by atoms with van der Waals surface area (Å²) < 4.78 is 0. The number of rotatable bonds is 11. The van der Waals surface area contributed by atoms with E-state index in [1.807, 2.05) is 56.0 Å². The lowest BCUT2D eigenvalue weighted by Gasteiger charge is -2.19. The molecule has 0 saturated heterocycles. The molecule has 0 saturated carbocycles. The highest BCUT2D eigenvalue weighted by Gasteiger charge is 2.10. The van der Waals surface area contributed by atoms with Gasteiger partial charge in [-0.1, -0.05) is 30.3 Å². The number of guanidine groups is 1. The first-order chi connectivity index (χ1) is 13.5. The molecule has 0 spiro atoms. The van der Waals surface area contributed by atoms with Crippen LogP contribution in [0.1, 0.15) is 39.2 Å². The number of nitrogens with one attached hydrogen (secondary N) is 2. The maximum atomic E-state index is 12.3. The SMILES string of the molecule is CCNC(=NCCC(=O)N(C)Cc1ccccc1)NCCC(=O)N(CC)CC. The molecule has 2 amide bonds. The number of hydrogen-bond acceptors (Lipinski definition) is 3. The van der Waals surface area contributed by atoms with Gasteiger partial charge in [0.1, 0.15) is 0 Å². The van der Waals surface area contributed by atoms with E-state index in [-0.39, 0.29) is 11.8 Å². The average molecular weight is 390 g/mol. The molecule has 156 valence electrons.